The summed E-state index contributed by atoms with van der Waals surface area (Å²) < 4.78 is 26.9. The number of hydrogen-bond acceptors (Lipinski definition) is 2. The fourth-order valence-electron chi connectivity index (χ4n) is 2.04. The molecule has 20 heavy (non-hydrogen) atoms. The molecule has 0 amide bonds. The molecule has 0 aliphatic rings. The monoisotopic (exact) mass is 275 g/mol. The number of nitrogen functional groups attached to an aromatic ring is 1. The molecule has 2 rings (SSSR count). The van der Waals surface area contributed by atoms with Crippen molar-refractivity contribution in [3.05, 3.63) is 65.2 Å². The van der Waals surface area contributed by atoms with Gasteiger partial charge in [0.1, 0.15) is 11.6 Å². The highest BCUT2D eigenvalue weighted by Crippen LogP contribution is 2.29. The van der Waals surface area contributed by atoms with Gasteiger partial charge < -0.3 is 5.73 Å². The van der Waals surface area contributed by atoms with Gasteiger partial charge in [-0.1, -0.05) is 12.1 Å². The summed E-state index contributed by atoms with van der Waals surface area (Å²) in [6.07, 6.45) is 0. The smallest absolute Gasteiger partial charge is 0.175 e. The Balaban J connectivity index is 2.45. The van der Waals surface area contributed by atoms with Crippen LogP contribution in [0.25, 0.3) is 0 Å². The van der Waals surface area contributed by atoms with E-state index in [4.69, 9.17) is 5.73 Å². The molecule has 0 aliphatic heterocycles. The number of benzene rings is 2. The van der Waals surface area contributed by atoms with Crippen LogP contribution in [0.15, 0.2) is 42.5 Å². The number of rotatable bonds is 3. The third kappa shape index (κ3) is 2.54. The summed E-state index contributed by atoms with van der Waals surface area (Å²) >= 11 is 0. The first-order chi connectivity index (χ1) is 9.32. The normalized spacial score (nSPS) is 11.4. The Morgan fingerprint density at radius 3 is 2.25 bits per heavy atom. The van der Waals surface area contributed by atoms with Crippen molar-refractivity contribution in [2.75, 3.05) is 5.73 Å². The Labute approximate surface area is 116 Å². The van der Waals surface area contributed by atoms with E-state index in [0.29, 0.717) is 11.3 Å². The predicted molar refractivity (Wildman–Crippen MR) is 74.6 cm³/mol. The minimum absolute atomic E-state index is 0.244. The second-order valence-electron chi connectivity index (χ2n) is 5.20. The summed E-state index contributed by atoms with van der Waals surface area (Å²) in [6, 6.07) is 9.65. The van der Waals surface area contributed by atoms with Gasteiger partial charge in [0.15, 0.2) is 5.78 Å². The molecule has 2 nitrogen and oxygen atoms in total. The van der Waals surface area contributed by atoms with Gasteiger partial charge in [-0.2, -0.15) is 0 Å². The van der Waals surface area contributed by atoms with Gasteiger partial charge in [-0.3, -0.25) is 4.79 Å². The number of ketones is 1. The number of halogens is 2. The van der Waals surface area contributed by atoms with Crippen molar-refractivity contribution >= 4 is 11.5 Å². The zero-order valence-corrected chi connectivity index (χ0v) is 11.3. The second kappa shape index (κ2) is 5.04. The van der Waals surface area contributed by atoms with Gasteiger partial charge in [0.25, 0.3) is 0 Å². The molecular formula is C16H15F2NO. The lowest BCUT2D eigenvalue weighted by Gasteiger charge is -2.24. The Kier molecular flexibility index (Phi) is 3.57. The van der Waals surface area contributed by atoms with Crippen LogP contribution in [-0.2, 0) is 5.41 Å². The van der Waals surface area contributed by atoms with E-state index >= 15 is 0 Å². The summed E-state index contributed by atoms with van der Waals surface area (Å²) in [5, 5.41) is 0. The second-order valence-corrected chi connectivity index (χ2v) is 5.20. The maximum Gasteiger partial charge on any atom is 0.175 e. The van der Waals surface area contributed by atoms with Crippen molar-refractivity contribution in [1.82, 2.24) is 0 Å². The summed E-state index contributed by atoms with van der Waals surface area (Å²) in [5.41, 5.74) is 5.67. The van der Waals surface area contributed by atoms with E-state index in [1.54, 1.807) is 38.1 Å². The van der Waals surface area contributed by atoms with Crippen LogP contribution in [-0.4, -0.2) is 5.78 Å². The van der Waals surface area contributed by atoms with Crippen LogP contribution >= 0.6 is 0 Å². The number of hydrogen-bond donors (Lipinski definition) is 1. The number of anilines is 1. The summed E-state index contributed by atoms with van der Waals surface area (Å²) in [5.74, 6) is -1.83. The van der Waals surface area contributed by atoms with Crippen molar-refractivity contribution in [2.24, 2.45) is 0 Å². The molecule has 0 aromatic heterocycles. The fourth-order valence-corrected chi connectivity index (χ4v) is 2.04. The third-order valence-corrected chi connectivity index (χ3v) is 3.37. The first-order valence-electron chi connectivity index (χ1n) is 6.18. The Hall–Kier alpha value is -2.23. The van der Waals surface area contributed by atoms with Crippen LogP contribution in [0.4, 0.5) is 14.5 Å². The lowest BCUT2D eigenvalue weighted by Crippen LogP contribution is -2.30. The van der Waals surface area contributed by atoms with Crippen molar-refractivity contribution in [3.8, 4) is 0 Å². The third-order valence-electron chi connectivity index (χ3n) is 3.37. The quantitative estimate of drug-likeness (QED) is 0.685. The van der Waals surface area contributed by atoms with Crippen molar-refractivity contribution in [2.45, 2.75) is 19.3 Å². The van der Waals surface area contributed by atoms with Crippen LogP contribution in [0.2, 0.25) is 0 Å². The zero-order valence-electron chi connectivity index (χ0n) is 11.3. The van der Waals surface area contributed by atoms with Gasteiger partial charge in [-0.05, 0) is 49.7 Å². The van der Waals surface area contributed by atoms with E-state index in [9.17, 15) is 13.6 Å². The average molecular weight is 275 g/mol. The van der Waals surface area contributed by atoms with E-state index in [0.717, 1.165) is 18.2 Å². The molecule has 0 unspecified atom stereocenters. The predicted octanol–water partition coefficient (Wildman–Crippen LogP) is 3.71. The first kappa shape index (κ1) is 14.2. The van der Waals surface area contributed by atoms with Gasteiger partial charge in [0, 0.05) is 5.69 Å². The lowest BCUT2D eigenvalue weighted by atomic mass is 9.78. The van der Waals surface area contributed by atoms with Crippen LogP contribution in [0.1, 0.15) is 29.8 Å². The van der Waals surface area contributed by atoms with Crippen LogP contribution < -0.4 is 5.73 Å². The lowest BCUT2D eigenvalue weighted by molar-refractivity contribution is 0.0904. The van der Waals surface area contributed by atoms with Gasteiger partial charge in [-0.25, -0.2) is 8.78 Å². The standard InChI is InChI=1S/C16H15F2NO/c1-16(2,10-3-6-12(19)7-4-10)15(20)13-9-11(17)5-8-14(13)18/h3-9H,19H2,1-2H3. The molecule has 104 valence electrons. The molecule has 2 aromatic rings. The van der Waals surface area contributed by atoms with Crippen LogP contribution in [0.5, 0.6) is 0 Å². The fraction of sp³-hybridized carbons (Fsp3) is 0.188. The largest absolute Gasteiger partial charge is 0.399 e. The molecule has 2 aromatic carbocycles. The molecule has 0 radical (unpaired) electrons. The topological polar surface area (TPSA) is 43.1 Å². The number of nitrogens with two attached hydrogens (primary N) is 1. The first-order valence-corrected chi connectivity index (χ1v) is 6.18. The molecular weight excluding hydrogens is 260 g/mol. The maximum atomic E-state index is 13.7. The van der Waals surface area contributed by atoms with Gasteiger partial charge in [-0.15, -0.1) is 0 Å². The van der Waals surface area contributed by atoms with Gasteiger partial charge in [0.05, 0.1) is 11.0 Å². The minimum atomic E-state index is -0.970. The SMILES string of the molecule is CC(C)(C(=O)c1cc(F)ccc1F)c1ccc(N)cc1. The zero-order chi connectivity index (χ0) is 14.9. The number of Topliss-reactive ketones (excluding diaryl/α,β-unsaturated/α-hetero) is 1. The van der Waals surface area contributed by atoms with Crippen molar-refractivity contribution in [3.63, 3.8) is 0 Å². The maximum absolute atomic E-state index is 13.7. The highest BCUT2D eigenvalue weighted by Gasteiger charge is 2.32. The molecule has 0 fully saturated rings. The summed E-state index contributed by atoms with van der Waals surface area (Å²) in [6.45, 7) is 3.34. The minimum Gasteiger partial charge on any atom is -0.399 e. The van der Waals surface area contributed by atoms with Crippen LogP contribution in [0.3, 0.4) is 0 Å². The molecule has 0 aliphatic carbocycles. The van der Waals surface area contributed by atoms with Crippen LogP contribution in [0, 0.1) is 11.6 Å². The van der Waals surface area contributed by atoms with E-state index in [-0.39, 0.29) is 5.56 Å². The summed E-state index contributed by atoms with van der Waals surface area (Å²) in [7, 11) is 0. The molecule has 0 heterocycles. The number of carbonyl (C=O) groups excluding carboxylic acids is 1. The summed E-state index contributed by atoms with van der Waals surface area (Å²) in [4.78, 5) is 12.5. The van der Waals surface area contributed by atoms with Crippen molar-refractivity contribution < 1.29 is 13.6 Å². The average Bonchev–Trinajstić information content (AvgIpc) is 2.41. The Morgan fingerprint density at radius 2 is 1.65 bits per heavy atom. The number of carbonyl (C=O) groups is 1. The molecule has 0 saturated heterocycles. The molecule has 0 atom stereocenters. The van der Waals surface area contributed by atoms with Gasteiger partial charge >= 0.3 is 0 Å². The molecule has 0 spiro atoms. The highest BCUT2D eigenvalue weighted by atomic mass is 19.1. The van der Waals surface area contributed by atoms with E-state index < -0.39 is 22.8 Å². The highest BCUT2D eigenvalue weighted by molar-refractivity contribution is 6.03. The Morgan fingerprint density at radius 1 is 1.05 bits per heavy atom. The van der Waals surface area contributed by atoms with E-state index in [1.807, 2.05) is 0 Å². The molecule has 0 bridgehead atoms. The molecule has 4 heteroatoms. The van der Waals surface area contributed by atoms with Gasteiger partial charge in [0.2, 0.25) is 0 Å². The Bertz CT molecular complexity index is 648. The molecule has 0 saturated carbocycles. The van der Waals surface area contributed by atoms with E-state index in [1.165, 1.54) is 0 Å². The van der Waals surface area contributed by atoms with E-state index in [2.05, 4.69) is 0 Å². The van der Waals surface area contributed by atoms with Crippen molar-refractivity contribution in [1.29, 1.82) is 0 Å². The molecule has 2 N–H and O–H groups in total.